The van der Waals surface area contributed by atoms with E-state index in [1.54, 1.807) is 0 Å². The predicted molar refractivity (Wildman–Crippen MR) is 80.4 cm³/mol. The highest BCUT2D eigenvalue weighted by Crippen LogP contribution is 2.25. The summed E-state index contributed by atoms with van der Waals surface area (Å²) in [5, 5.41) is 0.757. The van der Waals surface area contributed by atoms with Gasteiger partial charge < -0.3 is 10.6 Å². The van der Waals surface area contributed by atoms with Gasteiger partial charge in [-0.15, -0.1) is 0 Å². The van der Waals surface area contributed by atoms with E-state index in [4.69, 9.17) is 17.3 Å². The molecule has 0 radical (unpaired) electrons. The molecule has 0 aliphatic rings. The van der Waals surface area contributed by atoms with Crippen LogP contribution in [0.1, 0.15) is 24.2 Å². The lowest BCUT2D eigenvalue weighted by Crippen LogP contribution is -2.21. The molecule has 1 heterocycles. The van der Waals surface area contributed by atoms with Crippen molar-refractivity contribution in [3.63, 3.8) is 0 Å². The molecular weight excluding hydrogens is 258 g/mol. The zero-order valence-electron chi connectivity index (χ0n) is 11.2. The predicted octanol–water partition coefficient (Wildman–Crippen LogP) is 3.39. The van der Waals surface area contributed by atoms with Crippen LogP contribution in [0.15, 0.2) is 42.6 Å². The van der Waals surface area contributed by atoms with Gasteiger partial charge in [0.05, 0.1) is 23.6 Å². The second kappa shape index (κ2) is 6.04. The molecule has 0 aliphatic carbocycles. The summed E-state index contributed by atoms with van der Waals surface area (Å²) in [6.45, 7) is 2.62. The highest BCUT2D eigenvalue weighted by molar-refractivity contribution is 6.30. The van der Waals surface area contributed by atoms with Crippen LogP contribution in [-0.4, -0.2) is 12.0 Å². The van der Waals surface area contributed by atoms with Crippen molar-refractivity contribution in [3.05, 3.63) is 58.9 Å². The summed E-state index contributed by atoms with van der Waals surface area (Å²) in [6, 6.07) is 12.2. The molecule has 1 aromatic carbocycles. The third-order valence-electron chi connectivity index (χ3n) is 3.36. The zero-order valence-corrected chi connectivity index (χ0v) is 11.9. The lowest BCUT2D eigenvalue weighted by atomic mass is 10.1. The fraction of sp³-hybridized carbons (Fsp3) is 0.267. The van der Waals surface area contributed by atoms with Gasteiger partial charge in [-0.3, -0.25) is 4.98 Å². The summed E-state index contributed by atoms with van der Waals surface area (Å²) in [4.78, 5) is 6.50. The van der Waals surface area contributed by atoms with E-state index >= 15 is 0 Å². The highest BCUT2D eigenvalue weighted by Gasteiger charge is 2.12. The average molecular weight is 276 g/mol. The molecule has 100 valence electrons. The molecule has 0 amide bonds. The monoisotopic (exact) mass is 275 g/mol. The Kier molecular flexibility index (Phi) is 4.40. The minimum Gasteiger partial charge on any atom is -0.367 e. The Labute approximate surface area is 119 Å². The van der Waals surface area contributed by atoms with E-state index in [-0.39, 0.29) is 6.04 Å². The Bertz CT molecular complexity index is 522. The fourth-order valence-electron chi connectivity index (χ4n) is 1.93. The van der Waals surface area contributed by atoms with Crippen LogP contribution in [0.3, 0.4) is 0 Å². The Morgan fingerprint density at radius 2 is 1.89 bits per heavy atom. The number of hydrogen-bond donors (Lipinski definition) is 1. The van der Waals surface area contributed by atoms with Crippen LogP contribution < -0.4 is 10.6 Å². The number of nitrogens with zero attached hydrogens (tertiary/aromatic N) is 2. The first kappa shape index (κ1) is 13.8. The molecule has 4 heteroatoms. The van der Waals surface area contributed by atoms with Crippen LogP contribution in [-0.2, 0) is 6.54 Å². The maximum Gasteiger partial charge on any atom is 0.0555 e. The minimum absolute atomic E-state index is 0.253. The van der Waals surface area contributed by atoms with Crippen LogP contribution in [0.2, 0.25) is 5.02 Å². The minimum atomic E-state index is 0.253. The summed E-state index contributed by atoms with van der Waals surface area (Å²) in [7, 11) is 2.05. The molecule has 1 unspecified atom stereocenters. The third kappa shape index (κ3) is 3.25. The summed E-state index contributed by atoms with van der Waals surface area (Å²) in [5.41, 5.74) is 8.74. The van der Waals surface area contributed by atoms with E-state index in [0.29, 0.717) is 6.54 Å². The van der Waals surface area contributed by atoms with Crippen LogP contribution in [0, 0.1) is 0 Å². The van der Waals surface area contributed by atoms with Crippen molar-refractivity contribution in [3.8, 4) is 0 Å². The maximum atomic E-state index is 5.91. The van der Waals surface area contributed by atoms with Crippen molar-refractivity contribution in [2.24, 2.45) is 5.73 Å². The van der Waals surface area contributed by atoms with E-state index in [1.807, 2.05) is 42.6 Å². The highest BCUT2D eigenvalue weighted by atomic mass is 35.5. The zero-order chi connectivity index (χ0) is 13.8. The quantitative estimate of drug-likeness (QED) is 0.930. The first-order valence-electron chi connectivity index (χ1n) is 6.25. The standard InChI is InChI=1S/C15H18ClN3/c1-11(12-3-5-13(16)6-4-12)19(2)15-8-7-14(9-17)18-10-15/h3-8,10-11H,9,17H2,1-2H3. The number of anilines is 1. The number of pyridine rings is 1. The molecule has 2 aromatic rings. The van der Waals surface area contributed by atoms with Crippen molar-refractivity contribution in [2.75, 3.05) is 11.9 Å². The Balaban J connectivity index is 2.17. The Morgan fingerprint density at radius 3 is 2.42 bits per heavy atom. The second-order valence-electron chi connectivity index (χ2n) is 4.55. The molecule has 2 N–H and O–H groups in total. The number of halogens is 1. The molecule has 0 spiro atoms. The first-order chi connectivity index (χ1) is 9.11. The Hall–Kier alpha value is -1.58. The van der Waals surface area contributed by atoms with Crippen molar-refractivity contribution in [1.29, 1.82) is 0 Å². The molecule has 0 bridgehead atoms. The van der Waals surface area contributed by atoms with Crippen molar-refractivity contribution >= 4 is 17.3 Å². The summed E-state index contributed by atoms with van der Waals surface area (Å²) in [6.07, 6.45) is 1.86. The lowest BCUT2D eigenvalue weighted by Gasteiger charge is -2.27. The third-order valence-corrected chi connectivity index (χ3v) is 3.61. The number of aromatic nitrogens is 1. The van der Waals surface area contributed by atoms with E-state index in [0.717, 1.165) is 16.4 Å². The summed E-state index contributed by atoms with van der Waals surface area (Å²) < 4.78 is 0. The maximum absolute atomic E-state index is 5.91. The number of benzene rings is 1. The SMILES string of the molecule is CC(c1ccc(Cl)cc1)N(C)c1ccc(CN)nc1. The van der Waals surface area contributed by atoms with Crippen LogP contribution in [0.5, 0.6) is 0 Å². The van der Waals surface area contributed by atoms with Crippen molar-refractivity contribution in [2.45, 2.75) is 19.5 Å². The molecule has 3 nitrogen and oxygen atoms in total. The first-order valence-corrected chi connectivity index (χ1v) is 6.63. The molecule has 0 aliphatic heterocycles. The van der Waals surface area contributed by atoms with Crippen LogP contribution in [0.4, 0.5) is 5.69 Å². The van der Waals surface area contributed by atoms with Gasteiger partial charge in [0.1, 0.15) is 0 Å². The number of nitrogens with two attached hydrogens (primary N) is 1. The number of hydrogen-bond acceptors (Lipinski definition) is 3. The summed E-state index contributed by atoms with van der Waals surface area (Å²) >= 11 is 5.91. The van der Waals surface area contributed by atoms with Gasteiger partial charge in [0, 0.05) is 18.6 Å². The molecular formula is C15H18ClN3. The summed E-state index contributed by atoms with van der Waals surface area (Å²) in [5.74, 6) is 0. The molecule has 0 saturated heterocycles. The van der Waals surface area contributed by atoms with Gasteiger partial charge in [-0.05, 0) is 36.8 Å². The Morgan fingerprint density at radius 1 is 1.21 bits per heavy atom. The van der Waals surface area contributed by atoms with Gasteiger partial charge in [0.15, 0.2) is 0 Å². The van der Waals surface area contributed by atoms with E-state index in [1.165, 1.54) is 5.56 Å². The molecule has 1 aromatic heterocycles. The number of rotatable bonds is 4. The van der Waals surface area contributed by atoms with Gasteiger partial charge in [-0.2, -0.15) is 0 Å². The lowest BCUT2D eigenvalue weighted by molar-refractivity contribution is 0.737. The largest absolute Gasteiger partial charge is 0.367 e. The van der Waals surface area contributed by atoms with E-state index in [2.05, 4.69) is 23.9 Å². The van der Waals surface area contributed by atoms with E-state index < -0.39 is 0 Å². The van der Waals surface area contributed by atoms with Gasteiger partial charge in [0.2, 0.25) is 0 Å². The fourth-order valence-corrected chi connectivity index (χ4v) is 2.06. The molecule has 0 fully saturated rings. The van der Waals surface area contributed by atoms with Crippen LogP contribution in [0.25, 0.3) is 0 Å². The smallest absolute Gasteiger partial charge is 0.0555 e. The van der Waals surface area contributed by atoms with Crippen molar-refractivity contribution < 1.29 is 0 Å². The molecule has 2 rings (SSSR count). The molecule has 1 atom stereocenters. The van der Waals surface area contributed by atoms with Gasteiger partial charge in [-0.25, -0.2) is 0 Å². The molecule has 19 heavy (non-hydrogen) atoms. The second-order valence-corrected chi connectivity index (χ2v) is 4.99. The topological polar surface area (TPSA) is 42.1 Å². The van der Waals surface area contributed by atoms with Gasteiger partial charge in [0.25, 0.3) is 0 Å². The van der Waals surface area contributed by atoms with Gasteiger partial charge >= 0.3 is 0 Å². The van der Waals surface area contributed by atoms with Crippen LogP contribution >= 0.6 is 11.6 Å². The average Bonchev–Trinajstić information content (AvgIpc) is 2.46. The molecule has 0 saturated carbocycles. The van der Waals surface area contributed by atoms with Crippen molar-refractivity contribution in [1.82, 2.24) is 4.98 Å². The normalized spacial score (nSPS) is 12.2. The van der Waals surface area contributed by atoms with E-state index in [9.17, 15) is 0 Å². The van der Waals surface area contributed by atoms with Gasteiger partial charge in [-0.1, -0.05) is 23.7 Å².